The zero-order valence-corrected chi connectivity index (χ0v) is 29.8. The average Bonchev–Trinajstić information content (AvgIpc) is 3.90. The minimum atomic E-state index is 0.900. The van der Waals surface area contributed by atoms with Crippen molar-refractivity contribution < 1.29 is 0 Å². The van der Waals surface area contributed by atoms with Gasteiger partial charge in [0, 0.05) is 16.8 Å². The third-order valence-electron chi connectivity index (χ3n) is 11.4. The van der Waals surface area contributed by atoms with E-state index in [4.69, 9.17) is 4.98 Å². The maximum Gasteiger partial charge on any atom is 0.221 e. The van der Waals surface area contributed by atoms with E-state index in [1.807, 2.05) is 0 Å². The highest BCUT2D eigenvalue weighted by Crippen LogP contribution is 2.40. The van der Waals surface area contributed by atoms with Crippen molar-refractivity contribution >= 4 is 71.2 Å². The van der Waals surface area contributed by atoms with Gasteiger partial charge in [-0.1, -0.05) is 140 Å². The molecule has 0 atom stereocenters. The maximum atomic E-state index is 5.21. The molecule has 4 heteroatoms. The van der Waals surface area contributed by atoms with Gasteiger partial charge in [0.15, 0.2) is 5.65 Å². The normalized spacial score (nSPS) is 12.0. The van der Waals surface area contributed by atoms with E-state index in [1.165, 1.54) is 54.4 Å². The number of benzene rings is 9. The summed E-state index contributed by atoms with van der Waals surface area (Å²) >= 11 is 0. The summed E-state index contributed by atoms with van der Waals surface area (Å²) in [4.78, 5) is 5.21. The molecular weight excluding hydrogens is 669 g/mol. The van der Waals surface area contributed by atoms with Gasteiger partial charge in [0.1, 0.15) is 5.52 Å². The van der Waals surface area contributed by atoms with E-state index in [9.17, 15) is 0 Å². The van der Waals surface area contributed by atoms with Gasteiger partial charge in [-0.05, 0) is 109 Å². The minimum Gasteiger partial charge on any atom is -0.294 e. The van der Waals surface area contributed by atoms with E-state index in [-0.39, 0.29) is 0 Å². The third kappa shape index (κ3) is 4.37. The summed E-state index contributed by atoms with van der Waals surface area (Å²) in [6.45, 7) is 0. The first-order valence-electron chi connectivity index (χ1n) is 18.8. The second kappa shape index (κ2) is 11.5. The van der Waals surface area contributed by atoms with Gasteiger partial charge in [0.2, 0.25) is 5.78 Å². The van der Waals surface area contributed by atoms with Crippen LogP contribution in [0.1, 0.15) is 0 Å². The number of fused-ring (bicyclic) bond motifs is 13. The molecule has 0 aliphatic carbocycles. The summed E-state index contributed by atoms with van der Waals surface area (Å²) in [5.41, 5.74) is 12.4. The number of nitrogens with zero attached hydrogens (tertiary/aromatic N) is 4. The molecule has 0 saturated carbocycles. The Balaban J connectivity index is 1.06. The molecular formula is C51H32N4. The zero-order valence-electron chi connectivity index (χ0n) is 29.8. The minimum absolute atomic E-state index is 0.900. The van der Waals surface area contributed by atoms with Gasteiger partial charge in [-0.3, -0.25) is 13.5 Å². The number of hydrogen-bond acceptors (Lipinski definition) is 1. The second-order valence-corrected chi connectivity index (χ2v) is 14.4. The first-order chi connectivity index (χ1) is 27.3. The largest absolute Gasteiger partial charge is 0.294 e. The van der Waals surface area contributed by atoms with Gasteiger partial charge in [0.25, 0.3) is 0 Å². The predicted molar refractivity (Wildman–Crippen MR) is 230 cm³/mol. The van der Waals surface area contributed by atoms with Crippen molar-refractivity contribution in [1.82, 2.24) is 18.5 Å². The molecule has 4 nitrogen and oxygen atoms in total. The Morgan fingerprint density at radius 3 is 1.58 bits per heavy atom. The molecule has 12 aromatic rings. The molecule has 3 heterocycles. The van der Waals surface area contributed by atoms with Crippen molar-refractivity contribution in [3.05, 3.63) is 194 Å². The summed E-state index contributed by atoms with van der Waals surface area (Å²) in [5, 5.41) is 8.91. The number of imidazole rings is 2. The summed E-state index contributed by atoms with van der Waals surface area (Å²) in [5.74, 6) is 0.900. The Bertz CT molecular complexity index is 3450. The molecule has 0 unspecified atom stereocenters. The molecule has 3 aromatic heterocycles. The molecule has 0 N–H and O–H groups in total. The van der Waals surface area contributed by atoms with Crippen LogP contribution in [0.4, 0.5) is 0 Å². The molecule has 0 fully saturated rings. The number of para-hydroxylation sites is 4. The van der Waals surface area contributed by atoms with Crippen LogP contribution in [0.25, 0.3) is 105 Å². The van der Waals surface area contributed by atoms with Gasteiger partial charge in [-0.25, -0.2) is 4.98 Å². The lowest BCUT2D eigenvalue weighted by atomic mass is 9.91. The van der Waals surface area contributed by atoms with Crippen molar-refractivity contribution in [2.75, 3.05) is 0 Å². The lowest BCUT2D eigenvalue weighted by Crippen LogP contribution is -1.98. The van der Waals surface area contributed by atoms with Crippen LogP contribution in [0.3, 0.4) is 0 Å². The predicted octanol–water partition coefficient (Wildman–Crippen LogP) is 13.2. The van der Waals surface area contributed by atoms with E-state index >= 15 is 0 Å². The van der Waals surface area contributed by atoms with E-state index < -0.39 is 0 Å². The summed E-state index contributed by atoms with van der Waals surface area (Å²) in [7, 11) is 0. The van der Waals surface area contributed by atoms with Gasteiger partial charge in [-0.15, -0.1) is 0 Å². The van der Waals surface area contributed by atoms with Crippen molar-refractivity contribution in [2.45, 2.75) is 0 Å². The molecule has 0 amide bonds. The van der Waals surface area contributed by atoms with Crippen LogP contribution in [0.2, 0.25) is 0 Å². The van der Waals surface area contributed by atoms with Crippen LogP contribution < -0.4 is 0 Å². The Morgan fingerprint density at radius 1 is 0.327 bits per heavy atom. The van der Waals surface area contributed by atoms with E-state index in [0.29, 0.717) is 0 Å². The highest BCUT2D eigenvalue weighted by Gasteiger charge is 2.25. The second-order valence-electron chi connectivity index (χ2n) is 14.4. The summed E-state index contributed by atoms with van der Waals surface area (Å²) in [6.07, 6.45) is 0. The van der Waals surface area contributed by atoms with Crippen LogP contribution in [-0.4, -0.2) is 18.5 Å². The fourth-order valence-corrected chi connectivity index (χ4v) is 8.98. The molecule has 12 rings (SSSR count). The number of rotatable bonds is 4. The number of aromatic nitrogens is 4. The first kappa shape index (κ1) is 30.1. The topological polar surface area (TPSA) is 27.2 Å². The SMILES string of the molecule is c1ccc(-n2c3c4ccccc4n(-c4cccc(-c5cccc(-c6ccc7c8ccccc8c8ccccc8c7c6)c5)c4)c3n3c4ccccc4nc23)cc1. The third-order valence-corrected chi connectivity index (χ3v) is 11.4. The van der Waals surface area contributed by atoms with Crippen molar-refractivity contribution in [3.63, 3.8) is 0 Å². The van der Waals surface area contributed by atoms with Crippen LogP contribution in [0.15, 0.2) is 194 Å². The van der Waals surface area contributed by atoms with Crippen LogP contribution in [0, 0.1) is 0 Å². The molecule has 0 aliphatic heterocycles. The summed E-state index contributed by atoms with van der Waals surface area (Å²) < 4.78 is 7.06. The molecule has 0 radical (unpaired) electrons. The smallest absolute Gasteiger partial charge is 0.221 e. The molecule has 0 bridgehead atoms. The first-order valence-corrected chi connectivity index (χ1v) is 18.8. The Kier molecular flexibility index (Phi) is 6.31. The summed E-state index contributed by atoms with van der Waals surface area (Å²) in [6, 6.07) is 70.2. The highest BCUT2D eigenvalue weighted by atomic mass is 15.3. The average molecular weight is 701 g/mol. The van der Waals surface area contributed by atoms with Crippen LogP contribution >= 0.6 is 0 Å². The molecule has 0 spiro atoms. The van der Waals surface area contributed by atoms with Crippen molar-refractivity contribution in [2.24, 2.45) is 0 Å². The van der Waals surface area contributed by atoms with Gasteiger partial charge in [0.05, 0.1) is 16.6 Å². The standard InChI is InChI=1S/C51H32N4/c1-2-17-37(18-3-1)54-49-44-24-8-10-26-47(44)53(50(49)55-48-27-11-9-25-46(48)52-51(54)55)38-19-13-16-35(31-38)33-14-12-15-34(30-33)36-28-29-43-41-22-5-4-20-39(41)40-21-6-7-23-42(40)45(43)32-36/h1-32H. The molecule has 0 aliphatic rings. The van der Waals surface area contributed by atoms with Crippen LogP contribution in [-0.2, 0) is 0 Å². The highest BCUT2D eigenvalue weighted by molar-refractivity contribution is 6.25. The molecule has 9 aromatic carbocycles. The van der Waals surface area contributed by atoms with Gasteiger partial charge in [-0.2, -0.15) is 0 Å². The van der Waals surface area contributed by atoms with Crippen molar-refractivity contribution in [3.8, 4) is 33.6 Å². The lowest BCUT2D eigenvalue weighted by molar-refractivity contribution is 1.09. The van der Waals surface area contributed by atoms with Gasteiger partial charge >= 0.3 is 0 Å². The Morgan fingerprint density at radius 2 is 0.855 bits per heavy atom. The molecule has 0 saturated heterocycles. The quantitative estimate of drug-likeness (QED) is 0.168. The van der Waals surface area contributed by atoms with Gasteiger partial charge < -0.3 is 0 Å². The zero-order chi connectivity index (χ0) is 36.0. The fraction of sp³-hybridized carbons (Fsp3) is 0. The monoisotopic (exact) mass is 700 g/mol. The molecule has 55 heavy (non-hydrogen) atoms. The number of hydrogen-bond donors (Lipinski definition) is 0. The maximum absolute atomic E-state index is 5.21. The van der Waals surface area contributed by atoms with Crippen LogP contribution in [0.5, 0.6) is 0 Å². The van der Waals surface area contributed by atoms with Crippen molar-refractivity contribution in [1.29, 1.82) is 0 Å². The van der Waals surface area contributed by atoms with E-state index in [1.54, 1.807) is 0 Å². The van der Waals surface area contributed by atoms with E-state index in [2.05, 4.69) is 208 Å². The Hall–Kier alpha value is -7.43. The van der Waals surface area contributed by atoms with E-state index in [0.717, 1.165) is 50.4 Å². The molecule has 256 valence electrons. The Labute approximate surface area is 316 Å². The lowest BCUT2D eigenvalue weighted by Gasteiger charge is -2.13. The fourth-order valence-electron chi connectivity index (χ4n) is 8.98.